The fourth-order valence-corrected chi connectivity index (χ4v) is 2.54. The van der Waals surface area contributed by atoms with Gasteiger partial charge in [0.25, 0.3) is 5.91 Å². The van der Waals surface area contributed by atoms with Gasteiger partial charge in [0.05, 0.1) is 24.3 Å². The first-order valence-corrected chi connectivity index (χ1v) is 6.38. The van der Waals surface area contributed by atoms with Gasteiger partial charge in [0.1, 0.15) is 11.6 Å². The topological polar surface area (TPSA) is 79.7 Å². The summed E-state index contributed by atoms with van der Waals surface area (Å²) in [5.74, 6) is -1.87. The molecular formula is C11H14N2O4S. The number of carboxylic acid groups (broad SMARTS) is 1. The lowest BCUT2D eigenvalue weighted by molar-refractivity contribution is -0.142. The van der Waals surface area contributed by atoms with Crippen LogP contribution >= 0.6 is 11.3 Å². The second kappa shape index (κ2) is 5.03. The molecule has 6 nitrogen and oxygen atoms in total. The maximum absolute atomic E-state index is 12.1. The molecule has 2 atom stereocenters. The molecule has 0 radical (unpaired) electrons. The normalized spacial score (nSPS) is 23.0. The number of ether oxygens (including phenoxy) is 1. The van der Waals surface area contributed by atoms with Crippen molar-refractivity contribution in [3.8, 4) is 0 Å². The number of aliphatic carboxylic acids is 1. The smallest absolute Gasteiger partial charge is 0.311 e. The van der Waals surface area contributed by atoms with Crippen molar-refractivity contribution in [3.63, 3.8) is 0 Å². The fraction of sp³-hybridized carbons (Fsp3) is 0.545. The Balaban J connectivity index is 2.13. The number of carbonyl (C=O) groups excluding carboxylic acids is 1. The van der Waals surface area contributed by atoms with Crippen LogP contribution in [0, 0.1) is 12.8 Å². The van der Waals surface area contributed by atoms with Crippen molar-refractivity contribution in [2.45, 2.75) is 13.0 Å². The number of hydrogen-bond donors (Lipinski definition) is 1. The molecule has 1 aromatic heterocycles. The molecule has 1 aliphatic heterocycles. The van der Waals surface area contributed by atoms with Crippen LogP contribution < -0.4 is 0 Å². The van der Waals surface area contributed by atoms with E-state index < -0.39 is 17.9 Å². The predicted molar refractivity (Wildman–Crippen MR) is 64.7 cm³/mol. The zero-order chi connectivity index (χ0) is 13.3. The molecule has 1 aromatic rings. The lowest BCUT2D eigenvalue weighted by atomic mass is 10.0. The van der Waals surface area contributed by atoms with Crippen molar-refractivity contribution in [1.29, 1.82) is 0 Å². The van der Waals surface area contributed by atoms with Gasteiger partial charge in [-0.05, 0) is 6.92 Å². The van der Waals surface area contributed by atoms with Gasteiger partial charge < -0.3 is 14.7 Å². The van der Waals surface area contributed by atoms with Gasteiger partial charge in [-0.25, -0.2) is 4.98 Å². The average molecular weight is 270 g/mol. The van der Waals surface area contributed by atoms with Gasteiger partial charge in [-0.15, -0.1) is 11.3 Å². The molecule has 2 heterocycles. The van der Waals surface area contributed by atoms with Crippen LogP contribution in [0.4, 0.5) is 0 Å². The van der Waals surface area contributed by atoms with E-state index in [0.717, 1.165) is 5.01 Å². The number of carboxylic acids is 1. The third-order valence-corrected chi connectivity index (χ3v) is 3.80. The molecule has 1 amide bonds. The zero-order valence-corrected chi connectivity index (χ0v) is 10.9. The Bertz CT molecular complexity index is 473. The first-order chi connectivity index (χ1) is 8.50. The van der Waals surface area contributed by atoms with E-state index in [-0.39, 0.29) is 19.1 Å². The third-order valence-electron chi connectivity index (χ3n) is 3.02. The summed E-state index contributed by atoms with van der Waals surface area (Å²) in [6, 6.07) is -0.433. The zero-order valence-electron chi connectivity index (χ0n) is 10.1. The van der Waals surface area contributed by atoms with Crippen molar-refractivity contribution < 1.29 is 19.4 Å². The minimum Gasteiger partial charge on any atom is -0.481 e. The van der Waals surface area contributed by atoms with Crippen molar-refractivity contribution in [3.05, 3.63) is 16.1 Å². The Kier molecular flexibility index (Phi) is 3.63. The first-order valence-electron chi connectivity index (χ1n) is 5.50. The van der Waals surface area contributed by atoms with Crippen molar-refractivity contribution >= 4 is 23.2 Å². The summed E-state index contributed by atoms with van der Waals surface area (Å²) in [6.07, 6.45) is 0. The molecule has 2 rings (SSSR count). The highest BCUT2D eigenvalue weighted by Gasteiger charge is 2.39. The molecule has 1 saturated heterocycles. The minimum atomic E-state index is -0.938. The quantitative estimate of drug-likeness (QED) is 0.871. The second-order valence-corrected chi connectivity index (χ2v) is 5.28. The van der Waals surface area contributed by atoms with Crippen molar-refractivity contribution in [1.82, 2.24) is 9.88 Å². The number of nitrogens with zero attached hydrogens (tertiary/aromatic N) is 2. The Morgan fingerprint density at radius 1 is 1.56 bits per heavy atom. The summed E-state index contributed by atoms with van der Waals surface area (Å²) < 4.78 is 5.15. The van der Waals surface area contributed by atoms with E-state index in [0.29, 0.717) is 5.69 Å². The molecule has 0 saturated carbocycles. The highest BCUT2D eigenvalue weighted by molar-refractivity contribution is 7.09. The van der Waals surface area contributed by atoms with Crippen LogP contribution in [0.1, 0.15) is 15.5 Å². The summed E-state index contributed by atoms with van der Waals surface area (Å²) in [6.45, 7) is 2.22. The number of likely N-dealkylation sites (N-methyl/N-ethyl adjacent to an activating group) is 1. The van der Waals surface area contributed by atoms with Gasteiger partial charge in [0.15, 0.2) is 0 Å². The van der Waals surface area contributed by atoms with E-state index in [9.17, 15) is 9.59 Å². The predicted octanol–water partition coefficient (Wildman–Crippen LogP) is 0.623. The maximum atomic E-state index is 12.1. The third kappa shape index (κ3) is 2.37. The summed E-state index contributed by atoms with van der Waals surface area (Å²) >= 11 is 1.39. The van der Waals surface area contributed by atoms with Gasteiger partial charge in [-0.1, -0.05) is 0 Å². The Labute approximate surface area is 108 Å². The van der Waals surface area contributed by atoms with Gasteiger partial charge in [-0.3, -0.25) is 9.59 Å². The molecule has 1 aliphatic rings. The SMILES string of the molecule is Cc1nc(C(=O)N(C)C2COCC2C(=O)O)cs1. The molecule has 0 aliphatic carbocycles. The van der Waals surface area contributed by atoms with Crippen LogP contribution in [0.5, 0.6) is 0 Å². The van der Waals surface area contributed by atoms with Crippen LogP contribution in [0.15, 0.2) is 5.38 Å². The molecule has 0 bridgehead atoms. The van der Waals surface area contributed by atoms with E-state index in [1.54, 1.807) is 12.4 Å². The molecule has 1 fully saturated rings. The van der Waals surface area contributed by atoms with E-state index in [1.807, 2.05) is 6.92 Å². The Morgan fingerprint density at radius 3 is 2.83 bits per heavy atom. The highest BCUT2D eigenvalue weighted by atomic mass is 32.1. The summed E-state index contributed by atoms with van der Waals surface area (Å²) in [7, 11) is 1.59. The van der Waals surface area contributed by atoms with Gasteiger partial charge in [0, 0.05) is 12.4 Å². The van der Waals surface area contributed by atoms with Crippen LogP contribution in [-0.4, -0.2) is 53.2 Å². The second-order valence-electron chi connectivity index (χ2n) is 4.22. The van der Waals surface area contributed by atoms with Crippen LogP contribution in [0.2, 0.25) is 0 Å². The number of amides is 1. The molecule has 7 heteroatoms. The molecule has 0 spiro atoms. The molecule has 98 valence electrons. The molecule has 0 aromatic carbocycles. The van der Waals surface area contributed by atoms with Crippen LogP contribution in [0.3, 0.4) is 0 Å². The Hall–Kier alpha value is -1.47. The number of aryl methyl sites for hydroxylation is 1. The molecule has 18 heavy (non-hydrogen) atoms. The molecule has 2 unspecified atom stereocenters. The average Bonchev–Trinajstić information content (AvgIpc) is 2.95. The summed E-state index contributed by atoms with van der Waals surface area (Å²) in [4.78, 5) is 28.7. The largest absolute Gasteiger partial charge is 0.481 e. The number of rotatable bonds is 3. The number of aromatic nitrogens is 1. The van der Waals surface area contributed by atoms with Gasteiger partial charge >= 0.3 is 5.97 Å². The number of carbonyl (C=O) groups is 2. The lowest BCUT2D eigenvalue weighted by Gasteiger charge is -2.25. The monoisotopic (exact) mass is 270 g/mol. The number of hydrogen-bond acceptors (Lipinski definition) is 5. The van der Waals surface area contributed by atoms with Crippen molar-refractivity contribution in [2.24, 2.45) is 5.92 Å². The number of thiazole rings is 1. The van der Waals surface area contributed by atoms with Crippen molar-refractivity contribution in [2.75, 3.05) is 20.3 Å². The molecule has 1 N–H and O–H groups in total. The molecular weight excluding hydrogens is 256 g/mol. The first kappa shape index (κ1) is 13.0. The maximum Gasteiger partial charge on any atom is 0.311 e. The van der Waals surface area contributed by atoms with Gasteiger partial charge in [-0.2, -0.15) is 0 Å². The van der Waals surface area contributed by atoms with E-state index >= 15 is 0 Å². The van der Waals surface area contributed by atoms with E-state index in [2.05, 4.69) is 4.98 Å². The summed E-state index contributed by atoms with van der Waals surface area (Å²) in [5, 5.41) is 11.5. The summed E-state index contributed by atoms with van der Waals surface area (Å²) in [5.41, 5.74) is 0.357. The van der Waals surface area contributed by atoms with E-state index in [4.69, 9.17) is 9.84 Å². The standard InChI is InChI=1S/C11H14N2O4S/c1-6-12-8(5-18-6)10(14)13(2)9-4-17-3-7(9)11(15)16/h5,7,9H,3-4H2,1-2H3,(H,15,16). The van der Waals surface area contributed by atoms with Crippen LogP contribution in [-0.2, 0) is 9.53 Å². The van der Waals surface area contributed by atoms with E-state index in [1.165, 1.54) is 16.2 Å². The highest BCUT2D eigenvalue weighted by Crippen LogP contribution is 2.21. The van der Waals surface area contributed by atoms with Crippen LogP contribution in [0.25, 0.3) is 0 Å². The Morgan fingerprint density at radius 2 is 2.28 bits per heavy atom. The van der Waals surface area contributed by atoms with Gasteiger partial charge in [0.2, 0.25) is 0 Å². The minimum absolute atomic E-state index is 0.147. The lowest BCUT2D eigenvalue weighted by Crippen LogP contribution is -2.44. The fourth-order valence-electron chi connectivity index (χ4n) is 1.95.